The molecule has 2 aromatic rings. The van der Waals surface area contributed by atoms with Crippen LogP contribution in [0.15, 0.2) is 42.5 Å². The van der Waals surface area contributed by atoms with Crippen LogP contribution in [-0.2, 0) is 27.3 Å². The molecule has 0 aliphatic carbocycles. The van der Waals surface area contributed by atoms with Gasteiger partial charge in [0.25, 0.3) is 0 Å². The molecule has 0 spiro atoms. The summed E-state index contributed by atoms with van der Waals surface area (Å²) in [7, 11) is 0. The predicted molar refractivity (Wildman–Crippen MR) is 111 cm³/mol. The maximum atomic E-state index is 12.0. The summed E-state index contributed by atoms with van der Waals surface area (Å²) in [5, 5.41) is 5.28. The minimum absolute atomic E-state index is 0.198. The van der Waals surface area contributed by atoms with Gasteiger partial charge in [0.05, 0.1) is 13.2 Å². The number of carbonyl (C=O) groups is 2. The molecule has 0 aromatic heterocycles. The smallest absolute Gasteiger partial charge is 0.309 e. The average Bonchev–Trinajstić information content (AvgIpc) is 3.26. The second kappa shape index (κ2) is 9.49. The zero-order chi connectivity index (χ0) is 20.8. The number of nitrogens with one attached hydrogen (secondary N) is 2. The van der Waals surface area contributed by atoms with Crippen LogP contribution in [0.2, 0.25) is 0 Å². The fraction of sp³-hybridized carbons (Fsp3) is 0.364. The molecule has 4 rings (SSSR count). The molecule has 2 aliphatic rings. The molecule has 0 bridgehead atoms. The van der Waals surface area contributed by atoms with E-state index in [0.717, 1.165) is 37.4 Å². The van der Waals surface area contributed by atoms with Crippen LogP contribution < -0.4 is 25.0 Å². The number of morpholine rings is 1. The standard InChI is InChI=1S/C22H25N3O5/c26-21(22(27)24-14-17-3-6-19-20(13-17)30-15-29-19)23-8-7-16-1-4-18(5-2-16)25-9-11-28-12-10-25/h1-6,13H,7-12,14-15H2,(H,23,26)(H,24,27). The molecule has 2 heterocycles. The Labute approximate surface area is 175 Å². The Hall–Kier alpha value is -3.26. The van der Waals surface area contributed by atoms with Crippen molar-refractivity contribution in [2.75, 3.05) is 44.5 Å². The highest BCUT2D eigenvalue weighted by atomic mass is 16.7. The van der Waals surface area contributed by atoms with Crippen molar-refractivity contribution in [3.05, 3.63) is 53.6 Å². The SMILES string of the molecule is O=C(NCCc1ccc(N2CCOCC2)cc1)C(=O)NCc1ccc2c(c1)OCO2. The number of amides is 2. The summed E-state index contributed by atoms with van der Waals surface area (Å²) in [6.07, 6.45) is 0.657. The lowest BCUT2D eigenvalue weighted by Gasteiger charge is -2.28. The molecular weight excluding hydrogens is 386 g/mol. The molecule has 2 N–H and O–H groups in total. The predicted octanol–water partition coefficient (Wildman–Crippen LogP) is 1.23. The van der Waals surface area contributed by atoms with E-state index in [0.29, 0.717) is 24.5 Å². The first-order valence-electron chi connectivity index (χ1n) is 10.1. The van der Waals surface area contributed by atoms with Gasteiger partial charge >= 0.3 is 11.8 Å². The molecule has 2 amide bonds. The maximum Gasteiger partial charge on any atom is 0.309 e. The molecule has 0 saturated carbocycles. The van der Waals surface area contributed by atoms with Gasteiger partial charge in [-0.1, -0.05) is 18.2 Å². The lowest BCUT2D eigenvalue weighted by atomic mass is 10.1. The summed E-state index contributed by atoms with van der Waals surface area (Å²) in [4.78, 5) is 26.3. The zero-order valence-corrected chi connectivity index (χ0v) is 16.7. The van der Waals surface area contributed by atoms with Gasteiger partial charge < -0.3 is 29.7 Å². The van der Waals surface area contributed by atoms with Crippen LogP contribution in [0.1, 0.15) is 11.1 Å². The third-order valence-corrected chi connectivity index (χ3v) is 5.11. The van der Waals surface area contributed by atoms with Crippen molar-refractivity contribution in [1.29, 1.82) is 0 Å². The minimum Gasteiger partial charge on any atom is -0.454 e. The lowest BCUT2D eigenvalue weighted by Crippen LogP contribution is -2.40. The monoisotopic (exact) mass is 411 g/mol. The van der Waals surface area contributed by atoms with Crippen LogP contribution in [0.25, 0.3) is 0 Å². The van der Waals surface area contributed by atoms with Crippen molar-refractivity contribution in [1.82, 2.24) is 10.6 Å². The van der Waals surface area contributed by atoms with E-state index in [1.165, 1.54) is 5.69 Å². The van der Waals surface area contributed by atoms with Crippen molar-refractivity contribution in [3.63, 3.8) is 0 Å². The highest BCUT2D eigenvalue weighted by Crippen LogP contribution is 2.32. The Morgan fingerprint density at radius 3 is 2.37 bits per heavy atom. The van der Waals surface area contributed by atoms with Gasteiger partial charge in [0.2, 0.25) is 6.79 Å². The topological polar surface area (TPSA) is 89.1 Å². The van der Waals surface area contributed by atoms with Crippen molar-refractivity contribution >= 4 is 17.5 Å². The molecule has 2 aromatic carbocycles. The highest BCUT2D eigenvalue weighted by molar-refractivity contribution is 6.35. The number of ether oxygens (including phenoxy) is 3. The van der Waals surface area contributed by atoms with Crippen LogP contribution in [0.3, 0.4) is 0 Å². The van der Waals surface area contributed by atoms with E-state index in [2.05, 4.69) is 39.8 Å². The molecule has 1 saturated heterocycles. The van der Waals surface area contributed by atoms with Crippen LogP contribution in [0, 0.1) is 0 Å². The Kier molecular flexibility index (Phi) is 6.34. The zero-order valence-electron chi connectivity index (χ0n) is 16.7. The first-order valence-corrected chi connectivity index (χ1v) is 10.1. The van der Waals surface area contributed by atoms with Gasteiger partial charge in [-0.05, 0) is 41.8 Å². The number of carbonyl (C=O) groups excluding carboxylic acids is 2. The van der Waals surface area contributed by atoms with Gasteiger partial charge in [-0.3, -0.25) is 9.59 Å². The second-order valence-electron chi connectivity index (χ2n) is 7.14. The van der Waals surface area contributed by atoms with Crippen molar-refractivity contribution in [2.45, 2.75) is 13.0 Å². The van der Waals surface area contributed by atoms with Gasteiger partial charge in [0.15, 0.2) is 11.5 Å². The van der Waals surface area contributed by atoms with E-state index in [4.69, 9.17) is 14.2 Å². The van der Waals surface area contributed by atoms with E-state index in [1.54, 1.807) is 12.1 Å². The van der Waals surface area contributed by atoms with Crippen molar-refractivity contribution in [2.24, 2.45) is 0 Å². The Bertz CT molecular complexity index is 894. The maximum absolute atomic E-state index is 12.0. The van der Waals surface area contributed by atoms with E-state index in [-0.39, 0.29) is 13.3 Å². The van der Waals surface area contributed by atoms with E-state index < -0.39 is 11.8 Å². The molecule has 30 heavy (non-hydrogen) atoms. The summed E-state index contributed by atoms with van der Waals surface area (Å²) in [6.45, 7) is 4.14. The summed E-state index contributed by atoms with van der Waals surface area (Å²) >= 11 is 0. The molecule has 0 atom stereocenters. The third kappa shape index (κ3) is 5.01. The molecule has 1 fully saturated rings. The number of rotatable bonds is 6. The lowest BCUT2D eigenvalue weighted by molar-refractivity contribution is -0.139. The summed E-state index contributed by atoms with van der Waals surface area (Å²) in [5.41, 5.74) is 3.11. The molecule has 8 nitrogen and oxygen atoms in total. The number of benzene rings is 2. The van der Waals surface area contributed by atoms with Crippen molar-refractivity contribution in [3.8, 4) is 11.5 Å². The van der Waals surface area contributed by atoms with Crippen molar-refractivity contribution < 1.29 is 23.8 Å². The van der Waals surface area contributed by atoms with Crippen LogP contribution in [0.5, 0.6) is 11.5 Å². The molecule has 2 aliphatic heterocycles. The Morgan fingerprint density at radius 1 is 0.867 bits per heavy atom. The van der Waals surface area contributed by atoms with Gasteiger partial charge in [0.1, 0.15) is 0 Å². The normalized spacial score (nSPS) is 15.0. The summed E-state index contributed by atoms with van der Waals surface area (Å²) < 4.78 is 15.9. The first-order chi connectivity index (χ1) is 14.7. The van der Waals surface area contributed by atoms with Gasteiger partial charge in [-0.25, -0.2) is 0 Å². The Balaban J connectivity index is 1.18. The number of anilines is 1. The summed E-state index contributed by atoms with van der Waals surface area (Å²) in [5.74, 6) is 0.0302. The third-order valence-electron chi connectivity index (χ3n) is 5.11. The molecule has 8 heteroatoms. The molecule has 0 unspecified atom stereocenters. The Morgan fingerprint density at radius 2 is 1.57 bits per heavy atom. The summed E-state index contributed by atoms with van der Waals surface area (Å²) in [6, 6.07) is 13.7. The van der Waals surface area contributed by atoms with Crippen LogP contribution in [-0.4, -0.2) is 51.5 Å². The molecule has 0 radical (unpaired) electrons. The first kappa shape index (κ1) is 20.0. The number of hydrogen-bond acceptors (Lipinski definition) is 6. The average molecular weight is 411 g/mol. The van der Waals surface area contributed by atoms with Crippen LogP contribution in [0.4, 0.5) is 5.69 Å². The van der Waals surface area contributed by atoms with Crippen LogP contribution >= 0.6 is 0 Å². The molecular formula is C22H25N3O5. The van der Waals surface area contributed by atoms with E-state index >= 15 is 0 Å². The fourth-order valence-corrected chi connectivity index (χ4v) is 3.41. The quantitative estimate of drug-likeness (QED) is 0.695. The highest BCUT2D eigenvalue weighted by Gasteiger charge is 2.16. The second-order valence-corrected chi connectivity index (χ2v) is 7.14. The minimum atomic E-state index is -0.657. The number of fused-ring (bicyclic) bond motifs is 1. The molecule has 158 valence electrons. The largest absolute Gasteiger partial charge is 0.454 e. The van der Waals surface area contributed by atoms with Gasteiger partial charge in [-0.2, -0.15) is 0 Å². The number of nitrogens with zero attached hydrogens (tertiary/aromatic N) is 1. The number of hydrogen-bond donors (Lipinski definition) is 2. The fourth-order valence-electron chi connectivity index (χ4n) is 3.41. The van der Waals surface area contributed by atoms with E-state index in [1.807, 2.05) is 6.07 Å². The van der Waals surface area contributed by atoms with Gasteiger partial charge in [0, 0.05) is 31.9 Å². The van der Waals surface area contributed by atoms with Gasteiger partial charge in [-0.15, -0.1) is 0 Å². The van der Waals surface area contributed by atoms with E-state index in [9.17, 15) is 9.59 Å².